The zero-order chi connectivity index (χ0) is 15.3. The highest BCUT2D eigenvalue weighted by molar-refractivity contribution is 7.91. The first kappa shape index (κ1) is 16.9. The molecule has 0 N–H and O–H groups in total. The van der Waals surface area contributed by atoms with Gasteiger partial charge in [0.25, 0.3) is 0 Å². The van der Waals surface area contributed by atoms with Gasteiger partial charge in [0.05, 0.1) is 31.7 Å². The molecule has 0 aliphatic carbocycles. The third-order valence-corrected chi connectivity index (χ3v) is 5.29. The number of likely N-dealkylation sites (N-methyl/N-ethyl adjacent to an activating group) is 2. The highest BCUT2D eigenvalue weighted by atomic mass is 32.2. The molecule has 0 aromatic heterocycles. The van der Waals surface area contributed by atoms with E-state index in [2.05, 4.69) is 4.74 Å². The van der Waals surface area contributed by atoms with Gasteiger partial charge in [-0.1, -0.05) is 6.92 Å². The Balaban J connectivity index is 2.54. The number of hydrogen-bond donors (Lipinski definition) is 0. The number of sulfone groups is 1. The summed E-state index contributed by atoms with van der Waals surface area (Å²) in [4.78, 5) is 26.5. The minimum absolute atomic E-state index is 0.0262. The van der Waals surface area contributed by atoms with Crippen LogP contribution < -0.4 is 0 Å². The monoisotopic (exact) mass is 306 g/mol. The molecule has 1 rings (SSSR count). The lowest BCUT2D eigenvalue weighted by atomic mass is 10.2. The molecule has 0 aromatic carbocycles. The van der Waals surface area contributed by atoms with Crippen LogP contribution in [0.15, 0.2) is 0 Å². The third kappa shape index (κ3) is 4.75. The van der Waals surface area contributed by atoms with Crippen LogP contribution >= 0.6 is 0 Å². The van der Waals surface area contributed by atoms with Crippen molar-refractivity contribution in [1.29, 1.82) is 0 Å². The van der Waals surface area contributed by atoms with Crippen molar-refractivity contribution in [2.75, 3.05) is 45.3 Å². The topological polar surface area (TPSA) is 84.0 Å². The maximum atomic E-state index is 12.1. The molecule has 1 heterocycles. The first-order valence-corrected chi connectivity index (χ1v) is 8.36. The van der Waals surface area contributed by atoms with Gasteiger partial charge in [0.15, 0.2) is 9.84 Å². The average molecular weight is 306 g/mol. The van der Waals surface area contributed by atoms with Crippen molar-refractivity contribution in [3.8, 4) is 0 Å². The fourth-order valence-electron chi connectivity index (χ4n) is 2.11. The molecule has 0 saturated carbocycles. The standard InChI is InChI=1S/C12H22N2O5S/c1-4-14(8-12(16)19-3)7-11(15)13(2)10-5-6-20(17,18)9-10/h10H,4-9H2,1-3H3. The quantitative estimate of drug-likeness (QED) is 0.593. The van der Waals surface area contributed by atoms with E-state index in [0.29, 0.717) is 13.0 Å². The number of rotatable bonds is 6. The van der Waals surface area contributed by atoms with E-state index in [1.807, 2.05) is 6.92 Å². The van der Waals surface area contributed by atoms with Crippen molar-refractivity contribution >= 4 is 21.7 Å². The molecular weight excluding hydrogens is 284 g/mol. The number of esters is 1. The number of amides is 1. The lowest BCUT2D eigenvalue weighted by molar-refractivity contribution is -0.142. The summed E-state index contributed by atoms with van der Waals surface area (Å²) in [5.41, 5.74) is 0. The van der Waals surface area contributed by atoms with Crippen LogP contribution in [0, 0.1) is 0 Å². The number of carbonyl (C=O) groups is 2. The number of nitrogens with zero attached hydrogens (tertiary/aromatic N) is 2. The predicted octanol–water partition coefficient (Wildman–Crippen LogP) is -0.873. The Bertz CT molecular complexity index is 462. The van der Waals surface area contributed by atoms with E-state index in [0.717, 1.165) is 0 Å². The second-order valence-corrected chi connectivity index (χ2v) is 7.17. The fraction of sp³-hybridized carbons (Fsp3) is 0.833. The predicted molar refractivity (Wildman–Crippen MR) is 74.0 cm³/mol. The van der Waals surface area contributed by atoms with E-state index in [9.17, 15) is 18.0 Å². The van der Waals surface area contributed by atoms with Crippen molar-refractivity contribution in [3.63, 3.8) is 0 Å². The van der Waals surface area contributed by atoms with Crippen molar-refractivity contribution in [1.82, 2.24) is 9.80 Å². The average Bonchev–Trinajstić information content (AvgIpc) is 2.76. The van der Waals surface area contributed by atoms with Crippen molar-refractivity contribution in [3.05, 3.63) is 0 Å². The zero-order valence-electron chi connectivity index (χ0n) is 12.2. The maximum Gasteiger partial charge on any atom is 0.319 e. The van der Waals surface area contributed by atoms with Crippen LogP contribution in [-0.2, 0) is 24.2 Å². The van der Waals surface area contributed by atoms with Crippen LogP contribution in [0.25, 0.3) is 0 Å². The van der Waals surface area contributed by atoms with Gasteiger partial charge in [-0.2, -0.15) is 0 Å². The summed E-state index contributed by atoms with van der Waals surface area (Å²) in [6.45, 7) is 2.52. The highest BCUT2D eigenvalue weighted by Crippen LogP contribution is 2.16. The Morgan fingerprint density at radius 1 is 1.30 bits per heavy atom. The van der Waals surface area contributed by atoms with Crippen molar-refractivity contribution < 1.29 is 22.7 Å². The van der Waals surface area contributed by atoms with Gasteiger partial charge < -0.3 is 9.64 Å². The summed E-state index contributed by atoms with van der Waals surface area (Å²) < 4.78 is 27.4. The van der Waals surface area contributed by atoms with Crippen LogP contribution in [0.2, 0.25) is 0 Å². The third-order valence-electron chi connectivity index (χ3n) is 3.54. The second-order valence-electron chi connectivity index (χ2n) is 4.94. The van der Waals surface area contributed by atoms with Gasteiger partial charge in [0, 0.05) is 13.1 Å². The Hall–Kier alpha value is -1.15. The van der Waals surface area contributed by atoms with Gasteiger partial charge in [0.2, 0.25) is 5.91 Å². The van der Waals surface area contributed by atoms with Gasteiger partial charge in [-0.25, -0.2) is 8.42 Å². The lowest BCUT2D eigenvalue weighted by Gasteiger charge is -2.26. The molecule has 0 radical (unpaired) electrons. The summed E-state index contributed by atoms with van der Waals surface area (Å²) >= 11 is 0. The molecule has 1 unspecified atom stereocenters. The van der Waals surface area contributed by atoms with Gasteiger partial charge in [-0.15, -0.1) is 0 Å². The molecule has 7 nitrogen and oxygen atoms in total. The minimum atomic E-state index is -3.01. The van der Waals surface area contributed by atoms with Crippen LogP contribution in [-0.4, -0.2) is 81.4 Å². The second kappa shape index (κ2) is 7.03. The molecule has 1 fully saturated rings. The van der Waals surface area contributed by atoms with Gasteiger partial charge in [-0.05, 0) is 13.0 Å². The van der Waals surface area contributed by atoms with E-state index in [1.54, 1.807) is 11.9 Å². The smallest absolute Gasteiger partial charge is 0.319 e. The molecule has 1 saturated heterocycles. The number of carbonyl (C=O) groups excluding carboxylic acids is 2. The molecule has 1 atom stereocenters. The molecule has 0 bridgehead atoms. The van der Waals surface area contributed by atoms with Crippen LogP contribution in [0.5, 0.6) is 0 Å². The van der Waals surface area contributed by atoms with E-state index in [1.165, 1.54) is 12.0 Å². The van der Waals surface area contributed by atoms with Crippen LogP contribution in [0.4, 0.5) is 0 Å². The Labute approximate surface area is 119 Å². The van der Waals surface area contributed by atoms with Crippen LogP contribution in [0.3, 0.4) is 0 Å². The molecular formula is C12H22N2O5S. The summed E-state index contributed by atoms with van der Waals surface area (Å²) in [5, 5.41) is 0. The zero-order valence-corrected chi connectivity index (χ0v) is 13.0. The van der Waals surface area contributed by atoms with Gasteiger partial charge in [-0.3, -0.25) is 14.5 Å². The first-order valence-electron chi connectivity index (χ1n) is 6.54. The highest BCUT2D eigenvalue weighted by Gasteiger charge is 2.33. The Morgan fingerprint density at radius 2 is 1.95 bits per heavy atom. The van der Waals surface area contributed by atoms with Crippen LogP contribution in [0.1, 0.15) is 13.3 Å². The number of hydrogen-bond acceptors (Lipinski definition) is 6. The number of ether oxygens (including phenoxy) is 1. The molecule has 1 aliphatic rings. The minimum Gasteiger partial charge on any atom is -0.468 e. The van der Waals surface area contributed by atoms with Gasteiger partial charge >= 0.3 is 5.97 Å². The van der Waals surface area contributed by atoms with E-state index < -0.39 is 15.8 Å². The summed E-state index contributed by atoms with van der Waals surface area (Å²) in [7, 11) is -0.103. The molecule has 116 valence electrons. The summed E-state index contributed by atoms with van der Waals surface area (Å²) in [5.74, 6) is -0.420. The Kier molecular flexibility index (Phi) is 5.94. The summed E-state index contributed by atoms with van der Waals surface area (Å²) in [6.07, 6.45) is 0.480. The maximum absolute atomic E-state index is 12.1. The normalized spacial score (nSPS) is 20.9. The van der Waals surface area contributed by atoms with E-state index in [4.69, 9.17) is 0 Å². The van der Waals surface area contributed by atoms with Crippen molar-refractivity contribution in [2.45, 2.75) is 19.4 Å². The van der Waals surface area contributed by atoms with Crippen molar-refractivity contribution in [2.24, 2.45) is 0 Å². The lowest BCUT2D eigenvalue weighted by Crippen LogP contribution is -2.45. The fourth-order valence-corrected chi connectivity index (χ4v) is 3.89. The molecule has 0 spiro atoms. The van der Waals surface area contributed by atoms with Gasteiger partial charge in [0.1, 0.15) is 0 Å². The largest absolute Gasteiger partial charge is 0.468 e. The molecule has 8 heteroatoms. The molecule has 1 aliphatic heterocycles. The number of methoxy groups -OCH3 is 1. The molecule has 1 amide bonds. The van der Waals surface area contributed by atoms with E-state index in [-0.39, 0.29) is 36.5 Å². The van der Waals surface area contributed by atoms with E-state index >= 15 is 0 Å². The molecule has 0 aromatic rings. The molecule has 20 heavy (non-hydrogen) atoms. The first-order chi connectivity index (χ1) is 9.29. The summed E-state index contributed by atoms with van der Waals surface area (Å²) in [6, 6.07) is -0.260. The Morgan fingerprint density at radius 3 is 2.40 bits per heavy atom. The SMILES string of the molecule is CCN(CC(=O)OC)CC(=O)N(C)C1CCS(=O)(=O)C1.